The van der Waals surface area contributed by atoms with E-state index < -0.39 is 0 Å². The van der Waals surface area contributed by atoms with Crippen molar-refractivity contribution in [2.75, 3.05) is 20.8 Å². The van der Waals surface area contributed by atoms with E-state index in [-0.39, 0.29) is 12.3 Å². The smallest absolute Gasteiger partial charge is 0.343 e. The number of rotatable bonds is 9. The van der Waals surface area contributed by atoms with E-state index in [9.17, 15) is 4.79 Å². The molecule has 0 radical (unpaired) electrons. The molecule has 1 aromatic heterocycles. The molecule has 4 rings (SSSR count). The van der Waals surface area contributed by atoms with Gasteiger partial charge >= 0.3 is 5.97 Å². The number of benzene rings is 3. The Morgan fingerprint density at radius 3 is 2.51 bits per heavy atom. The first-order chi connectivity index (χ1) is 17.0. The number of hydrogen-bond donors (Lipinski definition) is 0. The van der Waals surface area contributed by atoms with Crippen molar-refractivity contribution in [3.8, 4) is 5.75 Å². The first-order valence-corrected chi connectivity index (χ1v) is 11.5. The van der Waals surface area contributed by atoms with Gasteiger partial charge in [-0.25, -0.2) is 4.79 Å². The fourth-order valence-corrected chi connectivity index (χ4v) is 4.42. The van der Waals surface area contributed by atoms with E-state index in [0.717, 1.165) is 38.5 Å². The quantitative estimate of drug-likeness (QED) is 0.101. The third-order valence-corrected chi connectivity index (χ3v) is 6.13. The van der Waals surface area contributed by atoms with Gasteiger partial charge in [0.2, 0.25) is 0 Å². The molecule has 6 heteroatoms. The Morgan fingerprint density at radius 1 is 1.09 bits per heavy atom. The average Bonchev–Trinajstić information content (AvgIpc) is 3.19. The fourth-order valence-electron chi connectivity index (χ4n) is 4.42. The molecular weight excluding hydrogens is 440 g/mol. The number of esters is 1. The van der Waals surface area contributed by atoms with E-state index in [0.29, 0.717) is 24.4 Å². The summed E-state index contributed by atoms with van der Waals surface area (Å²) in [6, 6.07) is 16.9. The fraction of sp³-hybridized carbons (Fsp3) is 0.241. The van der Waals surface area contributed by atoms with Crippen LogP contribution in [-0.4, -0.2) is 43.8 Å². The average molecular weight is 471 g/mol. The third kappa shape index (κ3) is 4.90. The molecule has 0 unspecified atom stereocenters. The number of carbonyl (C=O) groups is 1. The maximum Gasteiger partial charge on any atom is 0.343 e. The van der Waals surface area contributed by atoms with Gasteiger partial charge in [-0.15, -0.1) is 6.58 Å². The zero-order valence-corrected chi connectivity index (χ0v) is 20.6. The van der Waals surface area contributed by atoms with Crippen molar-refractivity contribution in [2.45, 2.75) is 26.7 Å². The predicted octanol–water partition coefficient (Wildman–Crippen LogP) is 5.85. The normalized spacial score (nSPS) is 11.7. The maximum absolute atomic E-state index is 12.6. The van der Waals surface area contributed by atoms with Crippen molar-refractivity contribution >= 4 is 34.0 Å². The molecular formula is C29H30N2O4. The molecule has 0 spiro atoms. The largest absolute Gasteiger partial charge is 0.423 e. The Labute approximate surface area is 205 Å². The summed E-state index contributed by atoms with van der Waals surface area (Å²) in [5.74, 6) is 0.120. The van der Waals surface area contributed by atoms with Gasteiger partial charge in [0.25, 0.3) is 0 Å². The second kappa shape index (κ2) is 10.7. The Kier molecular flexibility index (Phi) is 7.44. The molecule has 0 aliphatic carbocycles. The lowest BCUT2D eigenvalue weighted by Crippen LogP contribution is -2.16. The minimum Gasteiger partial charge on any atom is -0.423 e. The number of aromatic nitrogens is 1. The summed E-state index contributed by atoms with van der Waals surface area (Å²) in [6.45, 7) is 9.21. The van der Waals surface area contributed by atoms with Gasteiger partial charge in [-0.2, -0.15) is 0 Å². The number of fused-ring (bicyclic) bond motifs is 3. The summed E-state index contributed by atoms with van der Waals surface area (Å²) < 4.78 is 18.4. The van der Waals surface area contributed by atoms with E-state index in [4.69, 9.17) is 14.2 Å². The number of methoxy groups -OCH3 is 2. The van der Waals surface area contributed by atoms with Crippen molar-refractivity contribution in [2.24, 2.45) is 4.99 Å². The van der Waals surface area contributed by atoms with E-state index in [2.05, 4.69) is 36.1 Å². The van der Waals surface area contributed by atoms with E-state index in [1.807, 2.05) is 48.7 Å². The lowest BCUT2D eigenvalue weighted by molar-refractivity contribution is -0.0936. The SMILES string of the molecule is C=CCn1c2ccc(OC(=O)c3ccccc3)cc2c2c(C)c(C=NCC(OC)OC)cc(C)c21. The molecule has 4 aromatic rings. The van der Waals surface area contributed by atoms with Crippen LogP contribution in [0.1, 0.15) is 27.0 Å². The zero-order chi connectivity index (χ0) is 24.9. The van der Waals surface area contributed by atoms with Crippen molar-refractivity contribution in [1.82, 2.24) is 4.57 Å². The molecule has 0 fully saturated rings. The van der Waals surface area contributed by atoms with Gasteiger partial charge in [0.15, 0.2) is 6.29 Å². The summed E-state index contributed by atoms with van der Waals surface area (Å²) in [7, 11) is 3.20. The standard InChI is InChI=1S/C29H30N2O4/c1-6-14-31-25-13-12-23(35-29(32)21-10-8-7-9-11-21)16-24(25)27-20(3)22(15-19(2)28(27)31)17-30-18-26(33-4)34-5/h6-13,15-17,26H,1,14,18H2,2-5H3. The molecule has 6 nitrogen and oxygen atoms in total. The van der Waals surface area contributed by atoms with Gasteiger partial charge in [-0.1, -0.05) is 24.3 Å². The first-order valence-electron chi connectivity index (χ1n) is 11.5. The molecule has 0 N–H and O–H groups in total. The van der Waals surface area contributed by atoms with Crippen LogP contribution >= 0.6 is 0 Å². The number of hydrogen-bond acceptors (Lipinski definition) is 5. The Morgan fingerprint density at radius 2 is 1.83 bits per heavy atom. The molecule has 180 valence electrons. The van der Waals surface area contributed by atoms with Crippen LogP contribution in [0.25, 0.3) is 21.8 Å². The second-order valence-corrected chi connectivity index (χ2v) is 8.36. The van der Waals surface area contributed by atoms with Crippen molar-refractivity contribution in [1.29, 1.82) is 0 Å². The molecule has 0 amide bonds. The van der Waals surface area contributed by atoms with E-state index in [1.54, 1.807) is 26.4 Å². The van der Waals surface area contributed by atoms with Crippen LogP contribution in [0.3, 0.4) is 0 Å². The Hall–Kier alpha value is -3.74. The van der Waals surface area contributed by atoms with Crippen molar-refractivity contribution in [3.05, 3.63) is 89.5 Å². The monoisotopic (exact) mass is 470 g/mol. The van der Waals surface area contributed by atoms with E-state index in [1.165, 1.54) is 0 Å². The number of allylic oxidation sites excluding steroid dienone is 1. The summed E-state index contributed by atoms with van der Waals surface area (Å²) in [4.78, 5) is 17.2. The molecule has 0 atom stereocenters. The highest BCUT2D eigenvalue weighted by atomic mass is 16.7. The van der Waals surface area contributed by atoms with Gasteiger partial charge in [0.05, 0.1) is 17.6 Å². The number of aliphatic imine (C=N–C) groups is 1. The van der Waals surface area contributed by atoms with Crippen LogP contribution in [0, 0.1) is 13.8 Å². The minimum atomic E-state index is -0.383. The predicted molar refractivity (Wildman–Crippen MR) is 141 cm³/mol. The highest BCUT2D eigenvalue weighted by Crippen LogP contribution is 2.37. The van der Waals surface area contributed by atoms with Gasteiger partial charge in [-0.05, 0) is 66.9 Å². The van der Waals surface area contributed by atoms with Crippen LogP contribution in [0.4, 0.5) is 0 Å². The summed E-state index contributed by atoms with van der Waals surface area (Å²) in [6.07, 6.45) is 3.37. The van der Waals surface area contributed by atoms with Crippen LogP contribution in [0.2, 0.25) is 0 Å². The molecule has 35 heavy (non-hydrogen) atoms. The van der Waals surface area contributed by atoms with Crippen molar-refractivity contribution in [3.63, 3.8) is 0 Å². The number of ether oxygens (including phenoxy) is 3. The highest BCUT2D eigenvalue weighted by Gasteiger charge is 2.18. The highest BCUT2D eigenvalue weighted by molar-refractivity contribution is 6.13. The minimum absolute atomic E-state index is 0.382. The lowest BCUT2D eigenvalue weighted by Gasteiger charge is -2.11. The Balaban J connectivity index is 1.82. The van der Waals surface area contributed by atoms with Crippen LogP contribution in [0.5, 0.6) is 5.75 Å². The molecule has 0 saturated carbocycles. The van der Waals surface area contributed by atoms with Crippen LogP contribution in [0.15, 0.2) is 72.2 Å². The van der Waals surface area contributed by atoms with Gasteiger partial charge < -0.3 is 18.8 Å². The van der Waals surface area contributed by atoms with Gasteiger partial charge in [0.1, 0.15) is 5.75 Å². The van der Waals surface area contributed by atoms with E-state index >= 15 is 0 Å². The topological polar surface area (TPSA) is 62.1 Å². The summed E-state index contributed by atoms with van der Waals surface area (Å²) in [5, 5.41) is 2.12. The van der Waals surface area contributed by atoms with Gasteiger partial charge in [-0.3, -0.25) is 4.99 Å². The third-order valence-electron chi connectivity index (χ3n) is 6.13. The maximum atomic E-state index is 12.6. The number of carbonyl (C=O) groups excluding carboxylic acids is 1. The first kappa shape index (κ1) is 24.4. The molecule has 0 aliphatic heterocycles. The zero-order valence-electron chi connectivity index (χ0n) is 20.6. The molecule has 0 aliphatic rings. The van der Waals surface area contributed by atoms with Crippen molar-refractivity contribution < 1.29 is 19.0 Å². The summed E-state index contributed by atoms with van der Waals surface area (Å²) in [5.41, 5.74) is 5.94. The molecule has 1 heterocycles. The molecule has 3 aromatic carbocycles. The molecule has 0 bridgehead atoms. The lowest BCUT2D eigenvalue weighted by atomic mass is 9.99. The van der Waals surface area contributed by atoms with Crippen LogP contribution < -0.4 is 4.74 Å². The second-order valence-electron chi connectivity index (χ2n) is 8.36. The van der Waals surface area contributed by atoms with Crippen LogP contribution in [-0.2, 0) is 16.0 Å². The Bertz CT molecular complexity index is 1400. The summed E-state index contributed by atoms with van der Waals surface area (Å²) >= 11 is 0. The van der Waals surface area contributed by atoms with Gasteiger partial charge in [0, 0.05) is 43.3 Å². The number of nitrogens with zero attached hydrogens (tertiary/aromatic N) is 2. The number of aryl methyl sites for hydroxylation is 2. The molecule has 0 saturated heterocycles.